The summed E-state index contributed by atoms with van der Waals surface area (Å²) in [5, 5.41) is 0. The summed E-state index contributed by atoms with van der Waals surface area (Å²) in [4.78, 5) is 12.3. The molecular weight excluding hydrogens is 216 g/mol. The normalized spacial score (nSPS) is 12.8. The number of Topliss-reactive ketones (excluding diaryl/α,β-unsaturated/α-hetero) is 1. The highest BCUT2D eigenvalue weighted by Gasteiger charge is 2.35. The first kappa shape index (κ1) is 16.6. The summed E-state index contributed by atoms with van der Waals surface area (Å²) in [5.74, 6) is 0.203. The average molecular weight is 244 g/mol. The lowest BCUT2D eigenvalue weighted by molar-refractivity contribution is -0.146. The van der Waals surface area contributed by atoms with Crippen LogP contribution in [0.4, 0.5) is 0 Å². The van der Waals surface area contributed by atoms with Crippen LogP contribution in [0.25, 0.3) is 0 Å². The Morgan fingerprint density at radius 3 is 2.00 bits per heavy atom. The molecule has 0 N–H and O–H groups in total. The Balaban J connectivity index is 4.54. The molecule has 0 spiro atoms. The van der Waals surface area contributed by atoms with Gasteiger partial charge < -0.3 is 9.47 Å². The minimum atomic E-state index is -0.585. The van der Waals surface area contributed by atoms with E-state index in [1.54, 1.807) is 7.11 Å². The van der Waals surface area contributed by atoms with Gasteiger partial charge in [-0.2, -0.15) is 0 Å². The Labute approximate surface area is 106 Å². The molecule has 0 aliphatic carbocycles. The number of hydrogen-bond donors (Lipinski definition) is 0. The first-order chi connectivity index (χ1) is 7.87. The van der Waals surface area contributed by atoms with Crippen molar-refractivity contribution < 1.29 is 14.3 Å². The molecule has 0 atom stereocenters. The van der Waals surface area contributed by atoms with Crippen LogP contribution in [0.3, 0.4) is 0 Å². The molecule has 0 unspecified atom stereocenters. The van der Waals surface area contributed by atoms with Crippen molar-refractivity contribution in [2.24, 2.45) is 0 Å². The van der Waals surface area contributed by atoms with Gasteiger partial charge in [-0.1, -0.05) is 13.8 Å². The summed E-state index contributed by atoms with van der Waals surface area (Å²) in [5.41, 5.74) is -0.826. The molecule has 102 valence electrons. The van der Waals surface area contributed by atoms with Crippen molar-refractivity contribution in [2.45, 2.75) is 71.5 Å². The lowest BCUT2D eigenvalue weighted by atomic mass is 9.87. The minimum Gasteiger partial charge on any atom is -0.379 e. The highest BCUT2D eigenvalue weighted by Crippen LogP contribution is 2.26. The first-order valence-corrected chi connectivity index (χ1v) is 6.59. The van der Waals surface area contributed by atoms with Gasteiger partial charge in [0.25, 0.3) is 0 Å². The zero-order valence-electron chi connectivity index (χ0n) is 12.3. The quantitative estimate of drug-likeness (QED) is 0.624. The van der Waals surface area contributed by atoms with E-state index in [9.17, 15) is 4.79 Å². The van der Waals surface area contributed by atoms with Gasteiger partial charge in [0.05, 0.1) is 5.60 Å². The fourth-order valence-electron chi connectivity index (χ4n) is 1.95. The van der Waals surface area contributed by atoms with E-state index in [1.807, 2.05) is 34.6 Å². The monoisotopic (exact) mass is 244 g/mol. The van der Waals surface area contributed by atoms with Crippen molar-refractivity contribution in [1.82, 2.24) is 0 Å². The van der Waals surface area contributed by atoms with E-state index >= 15 is 0 Å². The number of ether oxygens (including phenoxy) is 2. The van der Waals surface area contributed by atoms with Gasteiger partial charge in [0.15, 0.2) is 5.78 Å². The number of carbonyl (C=O) groups excluding carboxylic acids is 1. The maximum Gasteiger partial charge on any atom is 0.164 e. The molecule has 0 bridgehead atoms. The van der Waals surface area contributed by atoms with Gasteiger partial charge in [0.1, 0.15) is 5.60 Å². The van der Waals surface area contributed by atoms with Crippen LogP contribution in [-0.2, 0) is 14.3 Å². The molecule has 0 saturated heterocycles. The third-order valence-corrected chi connectivity index (χ3v) is 3.58. The molecule has 3 heteroatoms. The lowest BCUT2D eigenvalue weighted by Gasteiger charge is -2.31. The summed E-state index contributed by atoms with van der Waals surface area (Å²) < 4.78 is 11.0. The van der Waals surface area contributed by atoms with Crippen LogP contribution >= 0.6 is 0 Å². The van der Waals surface area contributed by atoms with Gasteiger partial charge in [0.2, 0.25) is 0 Å². The third kappa shape index (κ3) is 4.76. The lowest BCUT2D eigenvalue weighted by Crippen LogP contribution is -2.41. The zero-order valence-corrected chi connectivity index (χ0v) is 12.3. The van der Waals surface area contributed by atoms with Crippen molar-refractivity contribution in [3.05, 3.63) is 0 Å². The van der Waals surface area contributed by atoms with Crippen LogP contribution in [0.5, 0.6) is 0 Å². The van der Waals surface area contributed by atoms with Crippen LogP contribution in [-0.4, -0.2) is 30.7 Å². The Hall–Kier alpha value is -0.410. The molecule has 0 aliphatic rings. The van der Waals surface area contributed by atoms with E-state index in [0.29, 0.717) is 13.0 Å². The van der Waals surface area contributed by atoms with Gasteiger partial charge in [-0.15, -0.1) is 0 Å². The van der Waals surface area contributed by atoms with Crippen molar-refractivity contribution in [1.29, 1.82) is 0 Å². The van der Waals surface area contributed by atoms with Crippen LogP contribution in [0, 0.1) is 0 Å². The Bertz CT molecular complexity index is 230. The van der Waals surface area contributed by atoms with Crippen molar-refractivity contribution >= 4 is 5.78 Å². The van der Waals surface area contributed by atoms with Crippen LogP contribution in [0.1, 0.15) is 60.3 Å². The largest absolute Gasteiger partial charge is 0.379 e. The van der Waals surface area contributed by atoms with Gasteiger partial charge in [-0.05, 0) is 40.0 Å². The fraction of sp³-hybridized carbons (Fsp3) is 0.929. The van der Waals surface area contributed by atoms with E-state index in [4.69, 9.17) is 9.47 Å². The van der Waals surface area contributed by atoms with Gasteiger partial charge in [-0.25, -0.2) is 0 Å². The van der Waals surface area contributed by atoms with Crippen molar-refractivity contribution in [2.75, 3.05) is 13.7 Å². The smallest absolute Gasteiger partial charge is 0.164 e. The molecule has 0 heterocycles. The van der Waals surface area contributed by atoms with E-state index in [-0.39, 0.29) is 11.4 Å². The molecule has 17 heavy (non-hydrogen) atoms. The van der Waals surface area contributed by atoms with E-state index in [0.717, 1.165) is 19.3 Å². The zero-order chi connectivity index (χ0) is 13.5. The molecule has 0 aliphatic heterocycles. The van der Waals surface area contributed by atoms with E-state index in [1.165, 1.54) is 0 Å². The molecular formula is C14H28O3. The molecule has 0 rings (SSSR count). The standard InChI is InChI=1S/C14H28O3/c1-7-14(8-2,17-9-3)12(15)10-11-13(4,5)16-6/h7-11H2,1-6H3. The third-order valence-electron chi connectivity index (χ3n) is 3.58. The van der Waals surface area contributed by atoms with Crippen LogP contribution in [0.2, 0.25) is 0 Å². The van der Waals surface area contributed by atoms with E-state index in [2.05, 4.69) is 0 Å². The highest BCUT2D eigenvalue weighted by molar-refractivity contribution is 5.87. The molecule has 0 aromatic rings. The van der Waals surface area contributed by atoms with Crippen LogP contribution < -0.4 is 0 Å². The number of methoxy groups -OCH3 is 1. The number of carbonyl (C=O) groups is 1. The molecule has 0 aromatic carbocycles. The summed E-state index contributed by atoms with van der Waals surface area (Å²) in [7, 11) is 1.68. The second-order valence-electron chi connectivity index (χ2n) is 5.02. The second-order valence-corrected chi connectivity index (χ2v) is 5.02. The Morgan fingerprint density at radius 1 is 1.12 bits per heavy atom. The second kappa shape index (κ2) is 7.12. The Morgan fingerprint density at radius 2 is 1.65 bits per heavy atom. The summed E-state index contributed by atoms with van der Waals surface area (Å²) in [6.07, 6.45) is 2.73. The van der Waals surface area contributed by atoms with Crippen molar-refractivity contribution in [3.63, 3.8) is 0 Å². The van der Waals surface area contributed by atoms with Crippen LogP contribution in [0.15, 0.2) is 0 Å². The Kier molecular flexibility index (Phi) is 6.95. The number of hydrogen-bond acceptors (Lipinski definition) is 3. The molecule has 0 fully saturated rings. The van der Waals surface area contributed by atoms with Gasteiger partial charge in [0, 0.05) is 20.1 Å². The number of ketones is 1. The fourth-order valence-corrected chi connectivity index (χ4v) is 1.95. The molecule has 3 nitrogen and oxygen atoms in total. The topological polar surface area (TPSA) is 35.5 Å². The SMILES string of the molecule is CCOC(CC)(CC)C(=O)CCC(C)(C)OC. The number of rotatable bonds is 9. The average Bonchev–Trinajstić information content (AvgIpc) is 2.33. The summed E-state index contributed by atoms with van der Waals surface area (Å²) in [6, 6.07) is 0. The molecule has 0 radical (unpaired) electrons. The summed E-state index contributed by atoms with van der Waals surface area (Å²) in [6.45, 7) is 10.5. The molecule has 0 amide bonds. The molecule has 0 saturated carbocycles. The highest BCUT2D eigenvalue weighted by atomic mass is 16.5. The minimum absolute atomic E-state index is 0.203. The van der Waals surface area contributed by atoms with Gasteiger partial charge >= 0.3 is 0 Å². The maximum atomic E-state index is 12.3. The summed E-state index contributed by atoms with van der Waals surface area (Å²) >= 11 is 0. The predicted octanol–water partition coefficient (Wildman–Crippen LogP) is 3.36. The predicted molar refractivity (Wildman–Crippen MR) is 70.3 cm³/mol. The molecule has 0 aromatic heterocycles. The maximum absolute atomic E-state index is 12.3. The van der Waals surface area contributed by atoms with E-state index < -0.39 is 5.60 Å². The first-order valence-electron chi connectivity index (χ1n) is 6.59. The van der Waals surface area contributed by atoms with Crippen molar-refractivity contribution in [3.8, 4) is 0 Å². The van der Waals surface area contributed by atoms with Gasteiger partial charge in [-0.3, -0.25) is 4.79 Å².